The van der Waals surface area contributed by atoms with Crippen LogP contribution in [0.4, 0.5) is 0 Å². The van der Waals surface area contributed by atoms with E-state index in [-0.39, 0.29) is 0 Å². The van der Waals surface area contributed by atoms with Gasteiger partial charge in [-0.25, -0.2) is 0 Å². The molecule has 0 saturated heterocycles. The molecular formula is C16H15N3. The Labute approximate surface area is 112 Å². The van der Waals surface area contributed by atoms with Crippen molar-refractivity contribution < 1.29 is 0 Å². The maximum Gasteiger partial charge on any atom is 0.0859 e. The summed E-state index contributed by atoms with van der Waals surface area (Å²) in [5.74, 6) is 0. The van der Waals surface area contributed by atoms with Gasteiger partial charge in [-0.1, -0.05) is 42.5 Å². The highest BCUT2D eigenvalue weighted by Crippen LogP contribution is 2.11. The van der Waals surface area contributed by atoms with Gasteiger partial charge in [0.25, 0.3) is 0 Å². The molecule has 3 rings (SSSR count). The van der Waals surface area contributed by atoms with Crippen LogP contribution < -0.4 is 0 Å². The van der Waals surface area contributed by atoms with Crippen LogP contribution in [0, 0.1) is 0 Å². The van der Waals surface area contributed by atoms with E-state index in [0.717, 1.165) is 18.5 Å². The first-order valence-electron chi connectivity index (χ1n) is 6.41. The summed E-state index contributed by atoms with van der Waals surface area (Å²) >= 11 is 0. The SMILES string of the molecule is c1ccc(CCc2cccc(-n3nccn3)c2)cc1. The number of aryl methyl sites for hydroxylation is 2. The van der Waals surface area contributed by atoms with Crippen molar-refractivity contribution in [2.24, 2.45) is 0 Å². The lowest BCUT2D eigenvalue weighted by molar-refractivity contribution is 0.750. The van der Waals surface area contributed by atoms with Crippen molar-refractivity contribution in [3.63, 3.8) is 0 Å². The van der Waals surface area contributed by atoms with Gasteiger partial charge in [0, 0.05) is 0 Å². The quantitative estimate of drug-likeness (QED) is 0.711. The Kier molecular flexibility index (Phi) is 3.36. The lowest BCUT2D eigenvalue weighted by atomic mass is 10.0. The van der Waals surface area contributed by atoms with Gasteiger partial charge in [-0.2, -0.15) is 15.0 Å². The van der Waals surface area contributed by atoms with E-state index in [1.54, 1.807) is 17.2 Å². The van der Waals surface area contributed by atoms with E-state index < -0.39 is 0 Å². The normalized spacial score (nSPS) is 10.5. The van der Waals surface area contributed by atoms with E-state index in [9.17, 15) is 0 Å². The van der Waals surface area contributed by atoms with Crippen molar-refractivity contribution in [1.29, 1.82) is 0 Å². The van der Waals surface area contributed by atoms with Crippen molar-refractivity contribution in [2.45, 2.75) is 12.8 Å². The van der Waals surface area contributed by atoms with Crippen LogP contribution in [0.1, 0.15) is 11.1 Å². The van der Waals surface area contributed by atoms with Gasteiger partial charge in [-0.05, 0) is 36.1 Å². The Morgan fingerprint density at radius 2 is 1.42 bits per heavy atom. The molecule has 0 aliphatic heterocycles. The van der Waals surface area contributed by atoms with Gasteiger partial charge in [0.05, 0.1) is 18.1 Å². The molecule has 3 nitrogen and oxygen atoms in total. The van der Waals surface area contributed by atoms with Crippen molar-refractivity contribution in [3.05, 3.63) is 78.1 Å². The number of nitrogens with zero attached hydrogens (tertiary/aromatic N) is 3. The van der Waals surface area contributed by atoms with Crippen molar-refractivity contribution in [1.82, 2.24) is 15.0 Å². The minimum absolute atomic E-state index is 1.01. The van der Waals surface area contributed by atoms with Crippen LogP contribution in [0.2, 0.25) is 0 Å². The lowest BCUT2D eigenvalue weighted by Crippen LogP contribution is -1.99. The van der Waals surface area contributed by atoms with Crippen LogP contribution in [0.5, 0.6) is 0 Å². The Balaban J connectivity index is 1.74. The number of aromatic nitrogens is 3. The van der Waals surface area contributed by atoms with Gasteiger partial charge in [0.2, 0.25) is 0 Å². The van der Waals surface area contributed by atoms with Crippen LogP contribution in [0.25, 0.3) is 5.69 Å². The van der Waals surface area contributed by atoms with Crippen LogP contribution in [-0.2, 0) is 12.8 Å². The molecule has 0 aliphatic carbocycles. The molecule has 1 aromatic heterocycles. The van der Waals surface area contributed by atoms with Gasteiger partial charge < -0.3 is 0 Å². The molecule has 0 atom stereocenters. The molecule has 0 unspecified atom stereocenters. The second-order valence-corrected chi connectivity index (χ2v) is 4.47. The van der Waals surface area contributed by atoms with E-state index in [4.69, 9.17) is 0 Å². The molecule has 0 N–H and O–H groups in total. The molecule has 0 spiro atoms. The summed E-state index contributed by atoms with van der Waals surface area (Å²) in [7, 11) is 0. The van der Waals surface area contributed by atoms with Gasteiger partial charge in [0.1, 0.15) is 0 Å². The second-order valence-electron chi connectivity index (χ2n) is 4.47. The van der Waals surface area contributed by atoms with E-state index in [0.29, 0.717) is 0 Å². The summed E-state index contributed by atoms with van der Waals surface area (Å²) in [6, 6.07) is 18.9. The van der Waals surface area contributed by atoms with Crippen molar-refractivity contribution in [2.75, 3.05) is 0 Å². The number of hydrogen-bond acceptors (Lipinski definition) is 2. The molecule has 0 amide bonds. The Bertz CT molecular complexity index is 630. The number of rotatable bonds is 4. The van der Waals surface area contributed by atoms with E-state index >= 15 is 0 Å². The number of hydrogen-bond donors (Lipinski definition) is 0. The van der Waals surface area contributed by atoms with Gasteiger partial charge in [-0.3, -0.25) is 0 Å². The standard InChI is InChI=1S/C16H15N3/c1-2-5-14(6-3-1)9-10-15-7-4-8-16(13-15)19-17-11-12-18-19/h1-8,11-13H,9-10H2. The molecule has 1 heterocycles. The summed E-state index contributed by atoms with van der Waals surface area (Å²) in [4.78, 5) is 1.64. The summed E-state index contributed by atoms with van der Waals surface area (Å²) in [6.07, 6.45) is 5.46. The average Bonchev–Trinajstić information content (AvgIpc) is 3.01. The molecule has 19 heavy (non-hydrogen) atoms. The fourth-order valence-corrected chi connectivity index (χ4v) is 2.12. The molecule has 2 aromatic carbocycles. The molecule has 94 valence electrons. The van der Waals surface area contributed by atoms with Gasteiger partial charge in [-0.15, -0.1) is 0 Å². The fraction of sp³-hybridized carbons (Fsp3) is 0.125. The topological polar surface area (TPSA) is 30.7 Å². The zero-order chi connectivity index (χ0) is 12.9. The lowest BCUT2D eigenvalue weighted by Gasteiger charge is -2.05. The molecule has 3 heteroatoms. The van der Waals surface area contributed by atoms with E-state index in [1.165, 1.54) is 11.1 Å². The zero-order valence-electron chi connectivity index (χ0n) is 10.6. The van der Waals surface area contributed by atoms with Gasteiger partial charge in [0.15, 0.2) is 0 Å². The first kappa shape index (κ1) is 11.7. The molecule has 0 saturated carbocycles. The van der Waals surface area contributed by atoms with Crippen LogP contribution in [0.3, 0.4) is 0 Å². The molecular weight excluding hydrogens is 234 g/mol. The first-order valence-corrected chi connectivity index (χ1v) is 6.41. The predicted octanol–water partition coefficient (Wildman–Crippen LogP) is 3.05. The average molecular weight is 249 g/mol. The third-order valence-electron chi connectivity index (χ3n) is 3.11. The highest BCUT2D eigenvalue weighted by atomic mass is 15.5. The van der Waals surface area contributed by atoms with Crippen molar-refractivity contribution >= 4 is 0 Å². The van der Waals surface area contributed by atoms with E-state index in [1.807, 2.05) is 12.1 Å². The third-order valence-corrected chi connectivity index (χ3v) is 3.11. The van der Waals surface area contributed by atoms with Gasteiger partial charge >= 0.3 is 0 Å². The summed E-state index contributed by atoms with van der Waals surface area (Å²) in [5, 5.41) is 8.30. The maximum absolute atomic E-state index is 4.15. The monoisotopic (exact) mass is 249 g/mol. The summed E-state index contributed by atoms with van der Waals surface area (Å²) in [6.45, 7) is 0. The van der Waals surface area contributed by atoms with Crippen LogP contribution in [-0.4, -0.2) is 15.0 Å². The van der Waals surface area contributed by atoms with Crippen LogP contribution >= 0.6 is 0 Å². The van der Waals surface area contributed by atoms with Crippen LogP contribution in [0.15, 0.2) is 67.0 Å². The first-order chi connectivity index (χ1) is 9.42. The predicted molar refractivity (Wildman–Crippen MR) is 75.2 cm³/mol. The summed E-state index contributed by atoms with van der Waals surface area (Å²) in [5.41, 5.74) is 3.68. The number of benzene rings is 2. The maximum atomic E-state index is 4.15. The minimum Gasteiger partial charge on any atom is -0.157 e. The highest BCUT2D eigenvalue weighted by Gasteiger charge is 2.00. The Morgan fingerprint density at radius 1 is 0.737 bits per heavy atom. The second kappa shape index (κ2) is 5.48. The fourth-order valence-electron chi connectivity index (χ4n) is 2.12. The Morgan fingerprint density at radius 3 is 2.21 bits per heavy atom. The molecule has 0 radical (unpaired) electrons. The summed E-state index contributed by atoms with van der Waals surface area (Å²) < 4.78 is 0. The minimum atomic E-state index is 1.01. The smallest absolute Gasteiger partial charge is 0.0859 e. The molecule has 0 bridgehead atoms. The molecule has 0 fully saturated rings. The highest BCUT2D eigenvalue weighted by molar-refractivity contribution is 5.34. The largest absolute Gasteiger partial charge is 0.157 e. The molecule has 3 aromatic rings. The van der Waals surface area contributed by atoms with E-state index in [2.05, 4.69) is 52.7 Å². The third kappa shape index (κ3) is 2.88. The molecule has 0 aliphatic rings. The van der Waals surface area contributed by atoms with Crippen molar-refractivity contribution in [3.8, 4) is 5.69 Å². The zero-order valence-corrected chi connectivity index (χ0v) is 10.6. The Hall–Kier alpha value is -2.42.